The van der Waals surface area contributed by atoms with E-state index in [-0.39, 0.29) is 5.82 Å². The summed E-state index contributed by atoms with van der Waals surface area (Å²) in [5, 5.41) is 0. The van der Waals surface area contributed by atoms with Gasteiger partial charge in [0.1, 0.15) is 5.82 Å². The van der Waals surface area contributed by atoms with E-state index < -0.39 is 11.8 Å². The average Bonchev–Trinajstić information content (AvgIpc) is 2.76. The molecule has 0 amide bonds. The van der Waals surface area contributed by atoms with Crippen LogP contribution in [0.15, 0.2) is 50.1 Å². The fourth-order valence-electron chi connectivity index (χ4n) is 2.24. The van der Waals surface area contributed by atoms with Crippen molar-refractivity contribution < 1.29 is 8.81 Å². The zero-order valence-electron chi connectivity index (χ0n) is 11.1. The second-order valence-electron chi connectivity index (χ2n) is 4.81. The first-order valence-corrected chi connectivity index (χ1v) is 7.06. The summed E-state index contributed by atoms with van der Waals surface area (Å²) in [6.07, 6.45) is 0. The van der Waals surface area contributed by atoms with Gasteiger partial charge in [0.25, 0.3) is 0 Å². The Labute approximate surface area is 128 Å². The molecular weight excluding hydrogens is 339 g/mol. The van der Waals surface area contributed by atoms with Crippen LogP contribution in [0.3, 0.4) is 0 Å². The first-order chi connectivity index (χ1) is 9.97. The molecule has 108 valence electrons. The summed E-state index contributed by atoms with van der Waals surface area (Å²) in [5.74, 6) is -0.791. The molecule has 1 atom stereocenters. The minimum absolute atomic E-state index is 0.365. The number of nitrogens with two attached hydrogens (primary N) is 1. The van der Waals surface area contributed by atoms with Gasteiger partial charge in [-0.15, -0.1) is 0 Å². The quantitative estimate of drug-likeness (QED) is 0.772. The molecule has 0 aliphatic carbocycles. The van der Waals surface area contributed by atoms with Gasteiger partial charge < -0.3 is 10.2 Å². The molecule has 6 heteroatoms. The molecule has 0 radical (unpaired) electrons. The summed E-state index contributed by atoms with van der Waals surface area (Å²) in [6, 6.07) is 9.55. The lowest BCUT2D eigenvalue weighted by atomic mass is 9.99. The van der Waals surface area contributed by atoms with Gasteiger partial charge in [0, 0.05) is 7.05 Å². The van der Waals surface area contributed by atoms with Crippen LogP contribution in [0.25, 0.3) is 11.1 Å². The number of benzene rings is 2. The van der Waals surface area contributed by atoms with Crippen molar-refractivity contribution in [3.63, 3.8) is 0 Å². The lowest BCUT2D eigenvalue weighted by Crippen LogP contribution is -2.12. The molecule has 0 bridgehead atoms. The molecule has 3 aromatic rings. The molecule has 2 aromatic carbocycles. The van der Waals surface area contributed by atoms with Gasteiger partial charge in [-0.25, -0.2) is 9.18 Å². The van der Waals surface area contributed by atoms with Crippen LogP contribution in [0.5, 0.6) is 0 Å². The Morgan fingerprint density at radius 3 is 2.62 bits per heavy atom. The topological polar surface area (TPSA) is 61.2 Å². The third-order valence-corrected chi connectivity index (χ3v) is 4.12. The molecule has 0 fully saturated rings. The summed E-state index contributed by atoms with van der Waals surface area (Å²) >= 11 is 3.11. The van der Waals surface area contributed by atoms with E-state index in [4.69, 9.17) is 10.2 Å². The molecule has 0 aliphatic heterocycles. The number of aryl methyl sites for hydroxylation is 1. The molecule has 0 spiro atoms. The lowest BCUT2D eigenvalue weighted by Gasteiger charge is -2.13. The van der Waals surface area contributed by atoms with Gasteiger partial charge in [0.15, 0.2) is 5.58 Å². The fourth-order valence-corrected chi connectivity index (χ4v) is 2.49. The smallest absolute Gasteiger partial charge is 0.408 e. The standard InChI is InChI=1S/C15H12BrFN2O2/c1-19-12-5-3-9(7-13(12)21-15(19)20)14(18)8-2-4-10(16)11(17)6-8/h2-7,14H,18H2,1H3. The van der Waals surface area contributed by atoms with Crippen LogP contribution in [0.4, 0.5) is 4.39 Å². The summed E-state index contributed by atoms with van der Waals surface area (Å²) < 4.78 is 20.5. The van der Waals surface area contributed by atoms with Crippen molar-refractivity contribution in [2.24, 2.45) is 12.8 Å². The van der Waals surface area contributed by atoms with Crippen molar-refractivity contribution in [1.82, 2.24) is 4.57 Å². The van der Waals surface area contributed by atoms with E-state index in [0.29, 0.717) is 21.1 Å². The van der Waals surface area contributed by atoms with Crippen LogP contribution in [0.1, 0.15) is 17.2 Å². The SMILES string of the molecule is Cn1c(=O)oc2cc(C(N)c3ccc(Br)c(F)c3)ccc21. The molecule has 4 nitrogen and oxygen atoms in total. The summed E-state index contributed by atoms with van der Waals surface area (Å²) in [5.41, 5.74) is 8.72. The second-order valence-corrected chi connectivity index (χ2v) is 5.66. The van der Waals surface area contributed by atoms with E-state index in [0.717, 1.165) is 5.56 Å². The highest BCUT2D eigenvalue weighted by Crippen LogP contribution is 2.26. The summed E-state index contributed by atoms with van der Waals surface area (Å²) in [6.45, 7) is 0. The molecule has 1 aromatic heterocycles. The Morgan fingerprint density at radius 2 is 1.90 bits per heavy atom. The zero-order valence-corrected chi connectivity index (χ0v) is 12.7. The number of aromatic nitrogens is 1. The second kappa shape index (κ2) is 5.13. The van der Waals surface area contributed by atoms with Crippen LogP contribution >= 0.6 is 15.9 Å². The van der Waals surface area contributed by atoms with Crippen LogP contribution in [0.2, 0.25) is 0 Å². The molecular formula is C15H12BrFN2O2. The molecule has 2 N–H and O–H groups in total. The van der Waals surface area contributed by atoms with E-state index >= 15 is 0 Å². The van der Waals surface area contributed by atoms with Crippen LogP contribution in [0, 0.1) is 5.82 Å². The van der Waals surface area contributed by atoms with E-state index in [2.05, 4.69) is 15.9 Å². The van der Waals surface area contributed by atoms with E-state index in [1.165, 1.54) is 10.6 Å². The van der Waals surface area contributed by atoms with Crippen molar-refractivity contribution in [3.05, 3.63) is 68.4 Å². The zero-order chi connectivity index (χ0) is 15.1. The van der Waals surface area contributed by atoms with Crippen molar-refractivity contribution >= 4 is 27.0 Å². The van der Waals surface area contributed by atoms with Gasteiger partial charge in [-0.1, -0.05) is 12.1 Å². The van der Waals surface area contributed by atoms with Gasteiger partial charge in [-0.3, -0.25) is 4.57 Å². The molecule has 21 heavy (non-hydrogen) atoms. The largest absolute Gasteiger partial charge is 0.419 e. The molecule has 1 heterocycles. The number of rotatable bonds is 2. The average molecular weight is 351 g/mol. The number of nitrogens with zero attached hydrogens (tertiary/aromatic N) is 1. The Hall–Kier alpha value is -1.92. The highest BCUT2D eigenvalue weighted by molar-refractivity contribution is 9.10. The molecule has 0 aliphatic rings. The number of oxazole rings is 1. The maximum absolute atomic E-state index is 13.6. The highest BCUT2D eigenvalue weighted by atomic mass is 79.9. The van der Waals surface area contributed by atoms with Crippen molar-refractivity contribution in [3.8, 4) is 0 Å². The lowest BCUT2D eigenvalue weighted by molar-refractivity contribution is 0.527. The maximum Gasteiger partial charge on any atom is 0.419 e. The fraction of sp³-hybridized carbons (Fsp3) is 0.133. The predicted octanol–water partition coefficient (Wildman–Crippen LogP) is 3.08. The van der Waals surface area contributed by atoms with Gasteiger partial charge in [0.05, 0.1) is 16.0 Å². The van der Waals surface area contributed by atoms with E-state index in [1.54, 1.807) is 31.3 Å². The first kappa shape index (κ1) is 14.0. The first-order valence-electron chi connectivity index (χ1n) is 6.27. The summed E-state index contributed by atoms with van der Waals surface area (Å²) in [7, 11) is 1.64. The van der Waals surface area contributed by atoms with Gasteiger partial charge in [-0.2, -0.15) is 0 Å². The van der Waals surface area contributed by atoms with Crippen molar-refractivity contribution in [2.75, 3.05) is 0 Å². The van der Waals surface area contributed by atoms with Crippen LogP contribution < -0.4 is 11.5 Å². The molecule has 0 saturated heterocycles. The van der Waals surface area contributed by atoms with Gasteiger partial charge in [0.2, 0.25) is 0 Å². The molecule has 1 unspecified atom stereocenters. The number of hydrogen-bond donors (Lipinski definition) is 1. The van der Waals surface area contributed by atoms with Crippen molar-refractivity contribution in [2.45, 2.75) is 6.04 Å². The predicted molar refractivity (Wildman–Crippen MR) is 81.6 cm³/mol. The number of fused-ring (bicyclic) bond motifs is 1. The van der Waals surface area contributed by atoms with Gasteiger partial charge >= 0.3 is 5.76 Å². The third kappa shape index (κ3) is 2.41. The van der Waals surface area contributed by atoms with E-state index in [1.807, 2.05) is 6.07 Å². The minimum Gasteiger partial charge on any atom is -0.408 e. The number of halogens is 2. The highest BCUT2D eigenvalue weighted by Gasteiger charge is 2.14. The van der Waals surface area contributed by atoms with Crippen LogP contribution in [-0.2, 0) is 7.05 Å². The Balaban J connectivity index is 2.06. The third-order valence-electron chi connectivity index (χ3n) is 3.48. The number of hydrogen-bond acceptors (Lipinski definition) is 3. The van der Waals surface area contributed by atoms with E-state index in [9.17, 15) is 9.18 Å². The minimum atomic E-state index is -0.498. The van der Waals surface area contributed by atoms with Crippen molar-refractivity contribution in [1.29, 1.82) is 0 Å². The normalized spacial score (nSPS) is 12.8. The van der Waals surface area contributed by atoms with Gasteiger partial charge in [-0.05, 0) is 51.3 Å². The Kier molecular flexibility index (Phi) is 3.43. The maximum atomic E-state index is 13.6. The summed E-state index contributed by atoms with van der Waals surface area (Å²) in [4.78, 5) is 11.5. The monoisotopic (exact) mass is 350 g/mol. The Bertz CT molecular complexity index is 885. The Morgan fingerprint density at radius 1 is 1.24 bits per heavy atom. The van der Waals surface area contributed by atoms with Crippen LogP contribution in [-0.4, -0.2) is 4.57 Å². The molecule has 0 saturated carbocycles. The molecule has 3 rings (SSSR count).